The van der Waals surface area contributed by atoms with Crippen LogP contribution < -0.4 is 15.2 Å². The number of aryl methyl sites for hydroxylation is 1. The van der Waals surface area contributed by atoms with Crippen molar-refractivity contribution in [1.82, 2.24) is 19.6 Å². The predicted octanol–water partition coefficient (Wildman–Crippen LogP) is 0.727. The van der Waals surface area contributed by atoms with Gasteiger partial charge in [0.1, 0.15) is 0 Å². The zero-order valence-corrected chi connectivity index (χ0v) is 15.7. The van der Waals surface area contributed by atoms with Crippen molar-refractivity contribution in [1.29, 1.82) is 0 Å². The molecule has 3 aromatic heterocycles. The van der Waals surface area contributed by atoms with Crippen LogP contribution in [-0.2, 0) is 23.0 Å². The van der Waals surface area contributed by atoms with E-state index in [0.717, 1.165) is 23.1 Å². The first-order chi connectivity index (χ1) is 12.8. The van der Waals surface area contributed by atoms with Crippen LogP contribution in [0.5, 0.6) is 0 Å². The van der Waals surface area contributed by atoms with E-state index in [0.29, 0.717) is 36.7 Å². The van der Waals surface area contributed by atoms with Crippen LogP contribution in [0.3, 0.4) is 0 Å². The minimum absolute atomic E-state index is 0.236. The third-order valence-corrected chi connectivity index (χ3v) is 4.99. The molecule has 4 heterocycles. The number of pyridine rings is 1. The average Bonchev–Trinajstić information content (AvgIpc) is 2.59. The molecule has 140 valence electrons. The molecular weight excluding hydrogens is 368 g/mol. The van der Waals surface area contributed by atoms with E-state index >= 15 is 0 Å². The van der Waals surface area contributed by atoms with Crippen molar-refractivity contribution >= 4 is 27.2 Å². The smallest absolute Gasteiger partial charge is 0.274 e. The Balaban J connectivity index is 1.71. The Morgan fingerprint density at radius 2 is 2.04 bits per heavy atom. The highest BCUT2D eigenvalue weighted by Gasteiger charge is 2.21. The third kappa shape index (κ3) is 3.47. The summed E-state index contributed by atoms with van der Waals surface area (Å²) in [6, 6.07) is 5.00. The molecule has 0 aromatic carbocycles. The lowest BCUT2D eigenvalue weighted by Crippen LogP contribution is -2.33. The molecule has 0 spiro atoms. The largest absolute Gasteiger partial charge is 0.350 e. The second kappa shape index (κ2) is 6.31. The Bertz CT molecular complexity index is 1210. The molecule has 0 amide bonds. The highest BCUT2D eigenvalue weighted by molar-refractivity contribution is 7.92. The van der Waals surface area contributed by atoms with Gasteiger partial charge in [0.05, 0.1) is 18.1 Å². The van der Waals surface area contributed by atoms with E-state index in [2.05, 4.69) is 24.7 Å². The van der Waals surface area contributed by atoms with Gasteiger partial charge in [0.2, 0.25) is 10.0 Å². The molecular formula is C17H18N6O3S. The molecule has 0 radical (unpaired) electrons. The van der Waals surface area contributed by atoms with E-state index in [1.54, 1.807) is 6.07 Å². The SMILES string of the molecule is Cc1cc2nccc(=O)n2nc1N1CCc2ncc(NS(C)(=O)=O)cc2C1. The fraction of sp³-hybridized carbons (Fsp3) is 0.294. The molecule has 10 heteroatoms. The summed E-state index contributed by atoms with van der Waals surface area (Å²) in [5.41, 5.74) is 3.47. The van der Waals surface area contributed by atoms with Crippen molar-refractivity contribution in [2.24, 2.45) is 0 Å². The number of rotatable bonds is 3. The van der Waals surface area contributed by atoms with Crippen LogP contribution >= 0.6 is 0 Å². The van der Waals surface area contributed by atoms with Gasteiger partial charge in [0, 0.05) is 37.5 Å². The first-order valence-corrected chi connectivity index (χ1v) is 10.3. The van der Waals surface area contributed by atoms with Gasteiger partial charge in [0.15, 0.2) is 11.5 Å². The van der Waals surface area contributed by atoms with E-state index in [4.69, 9.17) is 0 Å². The number of hydrogen-bond acceptors (Lipinski definition) is 7. The van der Waals surface area contributed by atoms with Crippen LogP contribution in [0.15, 0.2) is 35.4 Å². The Morgan fingerprint density at radius 1 is 1.22 bits per heavy atom. The predicted molar refractivity (Wildman–Crippen MR) is 101 cm³/mol. The van der Waals surface area contributed by atoms with Gasteiger partial charge < -0.3 is 4.90 Å². The molecule has 0 fully saturated rings. The molecule has 27 heavy (non-hydrogen) atoms. The summed E-state index contributed by atoms with van der Waals surface area (Å²) in [6.45, 7) is 3.15. The van der Waals surface area contributed by atoms with Crippen molar-refractivity contribution in [3.05, 3.63) is 57.8 Å². The molecule has 3 aromatic rings. The van der Waals surface area contributed by atoms with Crippen molar-refractivity contribution < 1.29 is 8.42 Å². The number of sulfonamides is 1. The Labute approximate surface area is 155 Å². The molecule has 4 rings (SSSR count). The molecule has 0 saturated heterocycles. The topological polar surface area (TPSA) is 110 Å². The monoisotopic (exact) mass is 386 g/mol. The number of fused-ring (bicyclic) bond motifs is 2. The zero-order chi connectivity index (χ0) is 19.2. The summed E-state index contributed by atoms with van der Waals surface area (Å²) in [5, 5.41) is 4.49. The number of hydrogen-bond donors (Lipinski definition) is 1. The fourth-order valence-corrected chi connectivity index (χ4v) is 3.78. The van der Waals surface area contributed by atoms with Crippen molar-refractivity contribution in [3.8, 4) is 0 Å². The highest BCUT2D eigenvalue weighted by atomic mass is 32.2. The van der Waals surface area contributed by atoms with Crippen LogP contribution in [0.2, 0.25) is 0 Å². The van der Waals surface area contributed by atoms with Gasteiger partial charge in [-0.1, -0.05) is 0 Å². The lowest BCUT2D eigenvalue weighted by atomic mass is 10.0. The maximum absolute atomic E-state index is 12.1. The normalized spacial score (nSPS) is 14.2. The minimum Gasteiger partial charge on any atom is -0.350 e. The molecule has 0 bridgehead atoms. The van der Waals surface area contributed by atoms with E-state index < -0.39 is 10.0 Å². The first kappa shape index (κ1) is 17.4. The highest BCUT2D eigenvalue weighted by Crippen LogP contribution is 2.26. The van der Waals surface area contributed by atoms with Crippen molar-refractivity contribution in [2.75, 3.05) is 22.4 Å². The molecule has 9 nitrogen and oxygen atoms in total. The van der Waals surface area contributed by atoms with E-state index in [9.17, 15) is 13.2 Å². The standard InChI is InChI=1S/C17H18N6O3S/c1-11-7-15-18-5-3-16(24)23(15)20-17(11)22-6-4-14-12(10-22)8-13(9-19-14)21-27(2,25)26/h3,5,7-9,21H,4,6,10H2,1-2H3. The maximum Gasteiger partial charge on any atom is 0.274 e. The van der Waals surface area contributed by atoms with Gasteiger partial charge in [-0.3, -0.25) is 14.5 Å². The summed E-state index contributed by atoms with van der Waals surface area (Å²) in [6.07, 6.45) is 4.81. The molecule has 0 unspecified atom stereocenters. The van der Waals surface area contributed by atoms with Crippen molar-refractivity contribution in [3.63, 3.8) is 0 Å². The molecule has 1 aliphatic rings. The van der Waals surface area contributed by atoms with Crippen molar-refractivity contribution in [2.45, 2.75) is 19.9 Å². The molecule has 1 N–H and O–H groups in total. The molecule has 0 aliphatic carbocycles. The molecule has 1 aliphatic heterocycles. The van der Waals surface area contributed by atoms with E-state index in [-0.39, 0.29) is 5.56 Å². The second-order valence-electron chi connectivity index (χ2n) is 6.58. The van der Waals surface area contributed by atoms with Crippen LogP contribution in [0.4, 0.5) is 11.5 Å². The lowest BCUT2D eigenvalue weighted by Gasteiger charge is -2.30. The maximum atomic E-state index is 12.1. The van der Waals surface area contributed by atoms with E-state index in [1.165, 1.54) is 23.0 Å². The summed E-state index contributed by atoms with van der Waals surface area (Å²) in [7, 11) is -3.37. The number of anilines is 2. The quantitative estimate of drug-likeness (QED) is 0.706. The molecule has 0 saturated carbocycles. The van der Waals surface area contributed by atoms with Gasteiger partial charge in [0.25, 0.3) is 5.56 Å². The van der Waals surface area contributed by atoms with Gasteiger partial charge in [-0.15, -0.1) is 5.10 Å². The van der Waals surface area contributed by atoms with Gasteiger partial charge in [-0.05, 0) is 30.2 Å². The Morgan fingerprint density at radius 3 is 2.81 bits per heavy atom. The average molecular weight is 386 g/mol. The summed E-state index contributed by atoms with van der Waals surface area (Å²) >= 11 is 0. The summed E-state index contributed by atoms with van der Waals surface area (Å²) in [5.74, 6) is 0.699. The first-order valence-electron chi connectivity index (χ1n) is 8.36. The number of aromatic nitrogens is 4. The Kier molecular flexibility index (Phi) is 4.06. The minimum atomic E-state index is -3.37. The van der Waals surface area contributed by atoms with Crippen LogP contribution in [0, 0.1) is 6.92 Å². The van der Waals surface area contributed by atoms with Gasteiger partial charge in [-0.25, -0.2) is 13.4 Å². The number of nitrogens with one attached hydrogen (secondary N) is 1. The summed E-state index contributed by atoms with van der Waals surface area (Å²) in [4.78, 5) is 22.7. The van der Waals surface area contributed by atoms with Gasteiger partial charge >= 0.3 is 0 Å². The molecule has 0 atom stereocenters. The summed E-state index contributed by atoms with van der Waals surface area (Å²) < 4.78 is 26.7. The lowest BCUT2D eigenvalue weighted by molar-refractivity contribution is 0.606. The Hall–Kier alpha value is -3.01. The van der Waals surface area contributed by atoms with Crippen LogP contribution in [-0.4, -0.2) is 40.8 Å². The third-order valence-electron chi connectivity index (χ3n) is 4.39. The van der Waals surface area contributed by atoms with Gasteiger partial charge in [-0.2, -0.15) is 4.52 Å². The number of nitrogens with zero attached hydrogens (tertiary/aromatic N) is 5. The zero-order valence-electron chi connectivity index (χ0n) is 14.9. The fourth-order valence-electron chi connectivity index (χ4n) is 3.24. The van der Waals surface area contributed by atoms with Crippen LogP contribution in [0.25, 0.3) is 5.65 Å². The second-order valence-corrected chi connectivity index (χ2v) is 8.33. The van der Waals surface area contributed by atoms with E-state index in [1.807, 2.05) is 13.0 Å². The van der Waals surface area contributed by atoms with Crippen LogP contribution in [0.1, 0.15) is 16.8 Å².